The number of pyridine rings is 1. The van der Waals surface area contributed by atoms with Crippen LogP contribution in [0.15, 0.2) is 47.5 Å². The maximum atomic E-state index is 12.7. The molecule has 0 bridgehead atoms. The molecule has 1 amide bonds. The van der Waals surface area contributed by atoms with Gasteiger partial charge >= 0.3 is 5.97 Å². The fraction of sp³-hybridized carbons (Fsp3) is 0.300. The van der Waals surface area contributed by atoms with Gasteiger partial charge in [-0.25, -0.2) is 4.98 Å². The topological polar surface area (TPSA) is 112 Å². The second-order valence-corrected chi connectivity index (χ2v) is 7.74. The minimum absolute atomic E-state index is 0.0663. The summed E-state index contributed by atoms with van der Waals surface area (Å²) in [5.41, 5.74) is 2.41. The number of carbonyl (C=O) groups excluding carboxylic acids is 1. The molecule has 1 fully saturated rings. The summed E-state index contributed by atoms with van der Waals surface area (Å²) in [5.74, 6) is -1.28. The number of carboxylic acids is 1. The molecule has 1 aliphatic rings. The van der Waals surface area contributed by atoms with Gasteiger partial charge in [-0.05, 0) is 18.2 Å². The Morgan fingerprint density at radius 3 is 2.53 bits per heavy atom. The van der Waals surface area contributed by atoms with Gasteiger partial charge in [0.2, 0.25) is 0 Å². The van der Waals surface area contributed by atoms with Crippen LogP contribution in [0, 0.1) is 0 Å². The molecule has 0 radical (unpaired) electrons. The number of piperazine rings is 1. The van der Waals surface area contributed by atoms with E-state index in [0.29, 0.717) is 10.6 Å². The van der Waals surface area contributed by atoms with Gasteiger partial charge in [0.15, 0.2) is 5.13 Å². The Morgan fingerprint density at radius 1 is 1.13 bits per heavy atom. The van der Waals surface area contributed by atoms with Gasteiger partial charge in [-0.15, -0.1) is 0 Å². The van der Waals surface area contributed by atoms with Crippen LogP contribution in [0.3, 0.4) is 0 Å². The van der Waals surface area contributed by atoms with Crippen molar-refractivity contribution in [2.75, 3.05) is 42.5 Å². The Labute approximate surface area is 177 Å². The van der Waals surface area contributed by atoms with E-state index in [4.69, 9.17) is 14.5 Å². The lowest BCUT2D eigenvalue weighted by atomic mass is 10.2. The number of hydrogen-bond acceptors (Lipinski definition) is 8. The van der Waals surface area contributed by atoms with Gasteiger partial charge in [-0.2, -0.15) is 0 Å². The summed E-state index contributed by atoms with van der Waals surface area (Å²) in [6.07, 6.45) is 6.53. The van der Waals surface area contributed by atoms with Crippen molar-refractivity contribution in [1.29, 1.82) is 0 Å². The molecule has 0 atom stereocenters. The van der Waals surface area contributed by atoms with E-state index < -0.39 is 5.97 Å². The summed E-state index contributed by atoms with van der Waals surface area (Å²) < 4.78 is 5.16. The van der Waals surface area contributed by atoms with Gasteiger partial charge in [0.05, 0.1) is 24.6 Å². The zero-order valence-electron chi connectivity index (χ0n) is 16.2. The lowest BCUT2D eigenvalue weighted by molar-refractivity contribution is -0.136. The third-order valence-electron chi connectivity index (χ3n) is 4.82. The molecule has 1 saturated heterocycles. The van der Waals surface area contributed by atoms with Crippen LogP contribution in [0.25, 0.3) is 11.3 Å². The van der Waals surface area contributed by atoms with Gasteiger partial charge < -0.3 is 24.6 Å². The molecule has 0 aromatic carbocycles. The van der Waals surface area contributed by atoms with Crippen molar-refractivity contribution >= 4 is 34.0 Å². The largest absolute Gasteiger partial charge is 0.481 e. The third-order valence-corrected chi connectivity index (χ3v) is 5.93. The first-order valence-electron chi connectivity index (χ1n) is 9.55. The molecule has 0 unspecified atom stereocenters. The molecule has 3 aromatic rings. The quantitative estimate of drug-likeness (QED) is 0.591. The van der Waals surface area contributed by atoms with E-state index >= 15 is 0 Å². The van der Waals surface area contributed by atoms with Crippen LogP contribution in [0.1, 0.15) is 16.1 Å². The fourth-order valence-electron chi connectivity index (χ4n) is 3.27. The van der Waals surface area contributed by atoms with Gasteiger partial charge in [0.1, 0.15) is 4.88 Å². The molecular weight excluding hydrogens is 406 g/mol. The van der Waals surface area contributed by atoms with Crippen molar-refractivity contribution in [1.82, 2.24) is 15.3 Å². The average molecular weight is 427 g/mol. The summed E-state index contributed by atoms with van der Waals surface area (Å²) in [7, 11) is 0. The maximum absolute atomic E-state index is 12.7. The molecule has 4 rings (SSSR count). The van der Waals surface area contributed by atoms with Crippen molar-refractivity contribution in [3.8, 4) is 11.3 Å². The van der Waals surface area contributed by atoms with E-state index in [9.17, 15) is 9.59 Å². The van der Waals surface area contributed by atoms with Crippen molar-refractivity contribution in [2.45, 2.75) is 6.42 Å². The number of rotatable bonds is 7. The SMILES string of the molecule is O=C(O)CCNC(=O)c1sc(N2CCN(c3ccncc3)CC2)nc1-c1ccoc1. The second-order valence-electron chi connectivity index (χ2n) is 6.77. The lowest BCUT2D eigenvalue weighted by Gasteiger charge is -2.35. The molecule has 0 saturated carbocycles. The Hall–Kier alpha value is -3.40. The first-order chi connectivity index (χ1) is 14.6. The molecule has 3 aromatic heterocycles. The van der Waals surface area contributed by atoms with Crippen LogP contribution >= 0.6 is 11.3 Å². The maximum Gasteiger partial charge on any atom is 0.305 e. The van der Waals surface area contributed by atoms with Crippen LogP contribution in [0.5, 0.6) is 0 Å². The lowest BCUT2D eigenvalue weighted by Crippen LogP contribution is -2.46. The predicted octanol–water partition coefficient (Wildman–Crippen LogP) is 2.33. The van der Waals surface area contributed by atoms with Crippen LogP contribution in [-0.4, -0.2) is 59.7 Å². The van der Waals surface area contributed by atoms with Crippen LogP contribution < -0.4 is 15.1 Å². The van der Waals surface area contributed by atoms with E-state index in [-0.39, 0.29) is 18.9 Å². The fourth-order valence-corrected chi connectivity index (χ4v) is 4.32. The van der Waals surface area contributed by atoms with Crippen molar-refractivity contribution in [3.63, 3.8) is 0 Å². The average Bonchev–Trinajstić information content (AvgIpc) is 3.44. The number of thiazole rings is 1. The highest BCUT2D eigenvalue weighted by atomic mass is 32.1. The second kappa shape index (κ2) is 8.95. The normalized spacial score (nSPS) is 14.0. The molecule has 1 aliphatic heterocycles. The van der Waals surface area contributed by atoms with Crippen molar-refractivity contribution in [2.24, 2.45) is 0 Å². The number of anilines is 2. The minimum atomic E-state index is -0.956. The van der Waals surface area contributed by atoms with Crippen molar-refractivity contribution in [3.05, 3.63) is 48.0 Å². The van der Waals surface area contributed by atoms with Crippen LogP contribution in [-0.2, 0) is 4.79 Å². The van der Waals surface area contributed by atoms with Gasteiger partial charge in [-0.1, -0.05) is 11.3 Å². The van der Waals surface area contributed by atoms with Gasteiger partial charge in [-0.3, -0.25) is 14.6 Å². The summed E-state index contributed by atoms with van der Waals surface area (Å²) in [5, 5.41) is 12.2. The summed E-state index contributed by atoms with van der Waals surface area (Å²) in [6, 6.07) is 5.75. The number of carbonyl (C=O) groups is 2. The Bertz CT molecular complexity index is 998. The summed E-state index contributed by atoms with van der Waals surface area (Å²) in [6.45, 7) is 3.30. The first kappa shape index (κ1) is 19.9. The standard InChI is InChI=1S/C20H21N5O4S/c26-16(27)3-7-22-19(28)18-17(14-4-12-29-13-14)23-20(30-18)25-10-8-24(9-11-25)15-1-5-21-6-2-15/h1-2,4-6,12-13H,3,7-11H2,(H,22,28)(H,26,27). The number of hydrogen-bond donors (Lipinski definition) is 2. The van der Waals surface area contributed by atoms with Crippen LogP contribution in [0.2, 0.25) is 0 Å². The highest BCUT2D eigenvalue weighted by Crippen LogP contribution is 2.34. The van der Waals surface area contributed by atoms with E-state index in [1.165, 1.54) is 17.6 Å². The van der Waals surface area contributed by atoms with Gasteiger partial charge in [0.25, 0.3) is 5.91 Å². The summed E-state index contributed by atoms with van der Waals surface area (Å²) in [4.78, 5) is 37.1. The zero-order chi connectivity index (χ0) is 20.9. The molecular formula is C20H21N5O4S. The highest BCUT2D eigenvalue weighted by molar-refractivity contribution is 7.18. The molecule has 2 N–H and O–H groups in total. The summed E-state index contributed by atoms with van der Waals surface area (Å²) >= 11 is 1.31. The van der Waals surface area contributed by atoms with E-state index in [0.717, 1.165) is 42.6 Å². The number of carboxylic acid groups (broad SMARTS) is 1. The Balaban J connectivity index is 1.50. The number of nitrogens with zero attached hydrogens (tertiary/aromatic N) is 4. The van der Waals surface area contributed by atoms with E-state index in [1.54, 1.807) is 24.7 Å². The zero-order valence-corrected chi connectivity index (χ0v) is 17.0. The first-order valence-corrected chi connectivity index (χ1v) is 10.4. The Kier molecular flexibility index (Phi) is 5.94. The number of furan rings is 1. The molecule has 156 valence electrons. The molecule has 30 heavy (non-hydrogen) atoms. The number of aromatic nitrogens is 2. The van der Waals surface area contributed by atoms with Crippen LogP contribution in [0.4, 0.5) is 10.8 Å². The van der Waals surface area contributed by atoms with Gasteiger partial charge in [0, 0.05) is 56.4 Å². The molecule has 10 heteroatoms. The molecule has 0 aliphatic carbocycles. The predicted molar refractivity (Wildman–Crippen MR) is 113 cm³/mol. The van der Waals surface area contributed by atoms with E-state index in [2.05, 4.69) is 20.1 Å². The Morgan fingerprint density at radius 2 is 1.87 bits per heavy atom. The molecule has 0 spiro atoms. The minimum Gasteiger partial charge on any atom is -0.481 e. The number of nitrogens with one attached hydrogen (secondary N) is 1. The number of aliphatic carboxylic acids is 1. The smallest absolute Gasteiger partial charge is 0.305 e. The highest BCUT2D eigenvalue weighted by Gasteiger charge is 2.25. The van der Waals surface area contributed by atoms with Crippen molar-refractivity contribution < 1.29 is 19.1 Å². The molecule has 4 heterocycles. The molecule has 9 nitrogen and oxygen atoms in total. The van der Waals surface area contributed by atoms with E-state index in [1.807, 2.05) is 12.1 Å². The third kappa shape index (κ3) is 4.43. The monoisotopic (exact) mass is 427 g/mol. The number of amides is 1.